The van der Waals surface area contributed by atoms with Gasteiger partial charge in [0.05, 0.1) is 0 Å². The number of allylic oxidation sites excluding steroid dienone is 2. The molecule has 0 bridgehead atoms. The molecule has 0 aromatic heterocycles. The minimum absolute atomic E-state index is 1.28. The van der Waals surface area contributed by atoms with E-state index in [9.17, 15) is 0 Å². The van der Waals surface area contributed by atoms with E-state index in [1.807, 2.05) is 0 Å². The molecule has 100 valence electrons. The molecule has 0 saturated carbocycles. The summed E-state index contributed by atoms with van der Waals surface area (Å²) in [6, 6.07) is 0. The highest BCUT2D eigenvalue weighted by Gasteiger charge is 2.14. The summed E-state index contributed by atoms with van der Waals surface area (Å²) in [5, 5.41) is 1.28. The monoisotopic (exact) mass is 272 g/mol. The normalized spacial score (nSPS) is 15.9. The third-order valence-electron chi connectivity index (χ3n) is 3.29. The van der Waals surface area contributed by atoms with Gasteiger partial charge in [0.15, 0.2) is 0 Å². The van der Waals surface area contributed by atoms with Crippen molar-refractivity contribution in [3.8, 4) is 0 Å². The molecule has 17 heavy (non-hydrogen) atoms. The molecule has 1 heterocycles. The van der Waals surface area contributed by atoms with E-state index >= 15 is 0 Å². The molecule has 0 atom stereocenters. The summed E-state index contributed by atoms with van der Waals surface area (Å²) in [4.78, 5) is 3.48. The van der Waals surface area contributed by atoms with E-state index in [0.717, 1.165) is 0 Å². The van der Waals surface area contributed by atoms with Crippen LogP contribution in [0.4, 0.5) is 0 Å². The van der Waals surface area contributed by atoms with Crippen molar-refractivity contribution in [3.05, 3.63) is 9.81 Å². The Morgan fingerprint density at radius 2 is 1.18 bits per heavy atom. The predicted molar refractivity (Wildman–Crippen MR) is 84.6 cm³/mol. The summed E-state index contributed by atoms with van der Waals surface area (Å²) in [6.45, 7) is 4.58. The highest BCUT2D eigenvalue weighted by molar-refractivity contribution is 8.22. The Kier molecular flexibility index (Phi) is 9.45. The van der Waals surface area contributed by atoms with Gasteiger partial charge in [0.25, 0.3) is 0 Å². The zero-order chi connectivity index (χ0) is 12.3. The Bertz CT molecular complexity index is 199. The van der Waals surface area contributed by atoms with Gasteiger partial charge in [-0.15, -0.1) is 23.5 Å². The highest BCUT2D eigenvalue weighted by atomic mass is 32.2. The van der Waals surface area contributed by atoms with Gasteiger partial charge in [-0.3, -0.25) is 0 Å². The van der Waals surface area contributed by atoms with E-state index < -0.39 is 0 Å². The number of hydrogen-bond donors (Lipinski definition) is 0. The van der Waals surface area contributed by atoms with Gasteiger partial charge in [0, 0.05) is 5.08 Å². The maximum atomic E-state index is 2.29. The van der Waals surface area contributed by atoms with Gasteiger partial charge in [-0.05, 0) is 35.5 Å². The zero-order valence-electron chi connectivity index (χ0n) is 11.6. The minimum atomic E-state index is 1.28. The first-order valence-electron chi connectivity index (χ1n) is 7.36. The van der Waals surface area contributed by atoms with Crippen LogP contribution in [0.3, 0.4) is 0 Å². The van der Waals surface area contributed by atoms with Crippen molar-refractivity contribution in [2.75, 3.05) is 5.08 Å². The minimum Gasteiger partial charge on any atom is -0.118 e. The summed E-state index contributed by atoms with van der Waals surface area (Å²) < 4.78 is 0. The third kappa shape index (κ3) is 6.81. The molecular weight excluding hydrogens is 244 g/mol. The predicted octanol–water partition coefficient (Wildman–Crippen LogP) is 6.58. The summed E-state index contributed by atoms with van der Waals surface area (Å²) in [7, 11) is 0. The molecule has 2 heteroatoms. The topological polar surface area (TPSA) is 0 Å². The van der Waals surface area contributed by atoms with Crippen molar-refractivity contribution in [2.45, 2.75) is 78.1 Å². The summed E-state index contributed by atoms with van der Waals surface area (Å²) in [6.07, 6.45) is 13.9. The van der Waals surface area contributed by atoms with Gasteiger partial charge < -0.3 is 0 Å². The van der Waals surface area contributed by atoms with Crippen LogP contribution in [0.1, 0.15) is 78.1 Å². The number of rotatable bonds is 10. The smallest absolute Gasteiger partial charge is 0.0480 e. The lowest BCUT2D eigenvalue weighted by atomic mass is 10.1. The third-order valence-corrected chi connectivity index (χ3v) is 5.96. The summed E-state index contributed by atoms with van der Waals surface area (Å²) >= 11 is 4.23. The van der Waals surface area contributed by atoms with Crippen LogP contribution in [0.5, 0.6) is 0 Å². The van der Waals surface area contributed by atoms with Crippen LogP contribution >= 0.6 is 23.5 Å². The van der Waals surface area contributed by atoms with Crippen LogP contribution in [0.15, 0.2) is 9.81 Å². The number of unbranched alkanes of at least 4 members (excludes halogenated alkanes) is 6. The number of hydrogen-bond acceptors (Lipinski definition) is 2. The first-order chi connectivity index (χ1) is 8.38. The van der Waals surface area contributed by atoms with Crippen molar-refractivity contribution < 1.29 is 0 Å². The quantitative estimate of drug-likeness (QED) is 0.412. The Balaban J connectivity index is 2.18. The van der Waals surface area contributed by atoms with Gasteiger partial charge >= 0.3 is 0 Å². The van der Waals surface area contributed by atoms with Crippen LogP contribution in [0, 0.1) is 0 Å². The SMILES string of the molecule is CCCCCCC1=C(CCCCCC)SCS1. The van der Waals surface area contributed by atoms with E-state index in [2.05, 4.69) is 37.4 Å². The molecule has 1 aliphatic heterocycles. The Morgan fingerprint density at radius 3 is 1.59 bits per heavy atom. The van der Waals surface area contributed by atoms with E-state index in [1.54, 1.807) is 9.81 Å². The fourth-order valence-electron chi connectivity index (χ4n) is 2.18. The summed E-state index contributed by atoms with van der Waals surface area (Å²) in [5.41, 5.74) is 0. The van der Waals surface area contributed by atoms with Gasteiger partial charge in [0.2, 0.25) is 0 Å². The molecule has 0 saturated heterocycles. The first-order valence-corrected chi connectivity index (χ1v) is 9.33. The van der Waals surface area contributed by atoms with Crippen molar-refractivity contribution in [1.82, 2.24) is 0 Å². The lowest BCUT2D eigenvalue weighted by molar-refractivity contribution is 0.661. The van der Waals surface area contributed by atoms with Crippen molar-refractivity contribution in [3.63, 3.8) is 0 Å². The molecule has 0 nitrogen and oxygen atoms in total. The molecule has 0 N–H and O–H groups in total. The zero-order valence-corrected chi connectivity index (χ0v) is 13.2. The molecule has 0 unspecified atom stereocenters. The highest BCUT2D eigenvalue weighted by Crippen LogP contribution is 2.44. The summed E-state index contributed by atoms with van der Waals surface area (Å²) in [5.74, 6) is 0. The van der Waals surface area contributed by atoms with E-state index in [4.69, 9.17) is 0 Å². The van der Waals surface area contributed by atoms with Crippen LogP contribution in [0.25, 0.3) is 0 Å². The van der Waals surface area contributed by atoms with Crippen LogP contribution in [-0.2, 0) is 0 Å². The first kappa shape index (κ1) is 15.5. The molecule has 0 aromatic rings. The lowest BCUT2D eigenvalue weighted by Crippen LogP contribution is -1.84. The molecule has 0 aromatic carbocycles. The van der Waals surface area contributed by atoms with Crippen molar-refractivity contribution >= 4 is 23.5 Å². The molecule has 1 rings (SSSR count). The molecule has 0 amide bonds. The second kappa shape index (κ2) is 10.4. The average molecular weight is 273 g/mol. The largest absolute Gasteiger partial charge is 0.118 e. The van der Waals surface area contributed by atoms with E-state index in [0.29, 0.717) is 0 Å². The molecule has 1 aliphatic rings. The van der Waals surface area contributed by atoms with Gasteiger partial charge in [-0.1, -0.05) is 52.4 Å². The maximum Gasteiger partial charge on any atom is 0.0480 e. The molecule has 0 radical (unpaired) electrons. The van der Waals surface area contributed by atoms with Gasteiger partial charge in [-0.25, -0.2) is 0 Å². The molecule has 0 spiro atoms. The number of thioether (sulfide) groups is 2. The van der Waals surface area contributed by atoms with Crippen LogP contribution < -0.4 is 0 Å². The molecule has 0 fully saturated rings. The second-order valence-electron chi connectivity index (χ2n) is 4.87. The molecular formula is C15H28S2. The van der Waals surface area contributed by atoms with Gasteiger partial charge in [-0.2, -0.15) is 0 Å². The fraction of sp³-hybridized carbons (Fsp3) is 0.867. The standard InChI is InChI=1S/C15H28S2/c1-3-5-7-9-11-14-15(17-13-16-14)12-10-8-6-4-2/h3-13H2,1-2H3. The fourth-order valence-corrected chi connectivity index (χ4v) is 5.01. The Labute approximate surface area is 116 Å². The van der Waals surface area contributed by atoms with E-state index in [-0.39, 0.29) is 0 Å². The maximum absolute atomic E-state index is 2.29. The van der Waals surface area contributed by atoms with Crippen LogP contribution in [0.2, 0.25) is 0 Å². The average Bonchev–Trinajstić information content (AvgIpc) is 2.78. The van der Waals surface area contributed by atoms with Crippen molar-refractivity contribution in [2.24, 2.45) is 0 Å². The van der Waals surface area contributed by atoms with Crippen molar-refractivity contribution in [1.29, 1.82) is 0 Å². The Morgan fingerprint density at radius 1 is 0.706 bits per heavy atom. The van der Waals surface area contributed by atoms with E-state index in [1.165, 1.54) is 69.3 Å². The Hall–Kier alpha value is 0.440. The second-order valence-corrected chi connectivity index (χ2v) is 7.38. The van der Waals surface area contributed by atoms with Gasteiger partial charge in [0.1, 0.15) is 0 Å². The molecule has 0 aliphatic carbocycles. The lowest BCUT2D eigenvalue weighted by Gasteiger charge is -2.05. The van der Waals surface area contributed by atoms with Crippen LogP contribution in [-0.4, -0.2) is 5.08 Å².